The highest BCUT2D eigenvalue weighted by atomic mass is 32.1. The molecule has 0 fully saturated rings. The Morgan fingerprint density at radius 1 is 1.08 bits per heavy atom. The molecule has 0 bridgehead atoms. The van der Waals surface area contributed by atoms with Crippen LogP contribution in [0.5, 0.6) is 0 Å². The molecular formula is C26H28F3N3O6S. The Morgan fingerprint density at radius 3 is 2.23 bits per heavy atom. The van der Waals surface area contributed by atoms with Crippen LogP contribution in [0.2, 0.25) is 0 Å². The lowest BCUT2D eigenvalue weighted by Gasteiger charge is -2.16. The minimum absolute atomic E-state index is 0.192. The van der Waals surface area contributed by atoms with Crippen molar-refractivity contribution in [3.8, 4) is 10.6 Å². The molecule has 1 unspecified atom stereocenters. The van der Waals surface area contributed by atoms with E-state index >= 15 is 0 Å². The zero-order valence-corrected chi connectivity index (χ0v) is 22.4. The fourth-order valence-electron chi connectivity index (χ4n) is 3.17. The Morgan fingerprint density at radius 2 is 1.69 bits per heavy atom. The highest BCUT2D eigenvalue weighted by molar-refractivity contribution is 7.15. The van der Waals surface area contributed by atoms with Gasteiger partial charge in [0, 0.05) is 23.1 Å². The number of ether oxygens (including phenoxy) is 1. The number of nitrogens with zero attached hydrogens (tertiary/aromatic N) is 2. The summed E-state index contributed by atoms with van der Waals surface area (Å²) in [5.41, 5.74) is 3.96. The number of nitrogens with one attached hydrogen (secondary N) is 1. The second-order valence-electron chi connectivity index (χ2n) is 8.65. The quantitative estimate of drug-likeness (QED) is 0.335. The maximum Gasteiger partial charge on any atom is 0.490 e. The molecule has 0 radical (unpaired) electrons. The number of carboxylic acid groups (broad SMARTS) is 2. The predicted molar refractivity (Wildman–Crippen MR) is 137 cm³/mol. The Hall–Kier alpha value is -3.84. The molecular weight excluding hydrogens is 539 g/mol. The number of halogens is 3. The van der Waals surface area contributed by atoms with Crippen molar-refractivity contribution in [2.45, 2.75) is 59.0 Å². The van der Waals surface area contributed by atoms with Gasteiger partial charge < -0.3 is 20.3 Å². The van der Waals surface area contributed by atoms with Gasteiger partial charge in [-0.2, -0.15) is 13.2 Å². The van der Waals surface area contributed by atoms with Gasteiger partial charge in [-0.3, -0.25) is 9.78 Å². The second-order valence-corrected chi connectivity index (χ2v) is 9.85. The van der Waals surface area contributed by atoms with Crippen molar-refractivity contribution in [2.75, 3.05) is 0 Å². The van der Waals surface area contributed by atoms with Gasteiger partial charge in [0.05, 0.1) is 18.3 Å². The molecule has 3 aromatic rings. The fourth-order valence-corrected chi connectivity index (χ4v) is 4.09. The number of carbonyl (C=O) groups is 3. The standard InChI is InChI=1S/C24H27N3O4S.C2HF3O2/c1-14(2)31-20(24(29)30)12-17-9-10-25-19(11-17)13-26-22(28)21-16(4)32-23(27-21)18-7-5-15(3)6-8-18;3-2(4,5)1(6)7/h5-11,14,20H,12-13H2,1-4H3,(H,26,28)(H,29,30);(H,6,7). The van der Waals surface area contributed by atoms with Crippen LogP contribution < -0.4 is 5.32 Å². The van der Waals surface area contributed by atoms with Crippen LogP contribution in [-0.2, 0) is 27.3 Å². The van der Waals surface area contributed by atoms with Gasteiger partial charge in [-0.25, -0.2) is 14.6 Å². The van der Waals surface area contributed by atoms with E-state index in [9.17, 15) is 27.9 Å². The summed E-state index contributed by atoms with van der Waals surface area (Å²) in [4.78, 5) is 42.7. The molecule has 13 heteroatoms. The molecule has 3 rings (SSSR count). The van der Waals surface area contributed by atoms with Crippen molar-refractivity contribution in [1.82, 2.24) is 15.3 Å². The average Bonchev–Trinajstić information content (AvgIpc) is 3.24. The number of carboxylic acids is 2. The number of aliphatic carboxylic acids is 2. The number of hydrogen-bond acceptors (Lipinski definition) is 7. The number of hydrogen-bond donors (Lipinski definition) is 3. The number of alkyl halides is 3. The van der Waals surface area contributed by atoms with Crippen LogP contribution in [0.15, 0.2) is 42.6 Å². The molecule has 0 spiro atoms. The number of carbonyl (C=O) groups excluding carboxylic acids is 1. The summed E-state index contributed by atoms with van der Waals surface area (Å²) in [5, 5.41) is 20.2. The van der Waals surface area contributed by atoms with Crippen molar-refractivity contribution >= 4 is 29.2 Å². The predicted octanol–water partition coefficient (Wildman–Crippen LogP) is 4.81. The van der Waals surface area contributed by atoms with Crippen molar-refractivity contribution in [2.24, 2.45) is 0 Å². The number of thiazole rings is 1. The Balaban J connectivity index is 0.000000673. The summed E-state index contributed by atoms with van der Waals surface area (Å²) in [7, 11) is 0. The second kappa shape index (κ2) is 13.8. The largest absolute Gasteiger partial charge is 0.490 e. The third-order valence-electron chi connectivity index (χ3n) is 5.00. The summed E-state index contributed by atoms with van der Waals surface area (Å²) in [6, 6.07) is 11.6. The van der Waals surface area contributed by atoms with Gasteiger partial charge in [0.25, 0.3) is 5.91 Å². The molecule has 1 aromatic carbocycles. The van der Waals surface area contributed by atoms with Gasteiger partial charge in [0.15, 0.2) is 6.10 Å². The van der Waals surface area contributed by atoms with Gasteiger partial charge in [-0.05, 0) is 45.4 Å². The summed E-state index contributed by atoms with van der Waals surface area (Å²) in [6.45, 7) is 7.72. The van der Waals surface area contributed by atoms with Crippen LogP contribution in [0.25, 0.3) is 10.6 Å². The molecule has 210 valence electrons. The normalized spacial score (nSPS) is 11.9. The number of rotatable bonds is 9. The first-order chi connectivity index (χ1) is 18.2. The molecule has 0 aliphatic rings. The van der Waals surface area contributed by atoms with Crippen molar-refractivity contribution in [1.29, 1.82) is 0 Å². The van der Waals surface area contributed by atoms with Crippen LogP contribution in [0, 0.1) is 13.8 Å². The summed E-state index contributed by atoms with van der Waals surface area (Å²) >= 11 is 1.48. The van der Waals surface area contributed by atoms with Crippen LogP contribution in [-0.4, -0.2) is 56.4 Å². The van der Waals surface area contributed by atoms with Gasteiger partial charge >= 0.3 is 18.1 Å². The van der Waals surface area contributed by atoms with Crippen LogP contribution in [0.3, 0.4) is 0 Å². The number of aromatic nitrogens is 2. The van der Waals surface area contributed by atoms with Crippen molar-refractivity contribution in [3.05, 3.63) is 70.0 Å². The maximum atomic E-state index is 12.7. The molecule has 2 aromatic heterocycles. The lowest BCUT2D eigenvalue weighted by Crippen LogP contribution is -2.29. The van der Waals surface area contributed by atoms with Crippen molar-refractivity contribution < 1.29 is 42.5 Å². The summed E-state index contributed by atoms with van der Waals surface area (Å²) in [5.74, 6) is -4.03. The van der Waals surface area contributed by atoms with E-state index in [1.165, 1.54) is 16.9 Å². The number of benzene rings is 1. The van der Waals surface area contributed by atoms with E-state index in [0.717, 1.165) is 21.0 Å². The molecule has 3 N–H and O–H groups in total. The first kappa shape index (κ1) is 31.4. The molecule has 1 atom stereocenters. The molecule has 0 saturated heterocycles. The van der Waals surface area contributed by atoms with Crippen LogP contribution in [0.1, 0.15) is 46.0 Å². The molecule has 1 amide bonds. The third-order valence-corrected chi connectivity index (χ3v) is 6.02. The Kier molecular flexibility index (Phi) is 11.1. The zero-order valence-electron chi connectivity index (χ0n) is 21.6. The highest BCUT2D eigenvalue weighted by Gasteiger charge is 2.38. The lowest BCUT2D eigenvalue weighted by atomic mass is 10.1. The summed E-state index contributed by atoms with van der Waals surface area (Å²) < 4.78 is 37.2. The minimum Gasteiger partial charge on any atom is -0.479 e. The van der Waals surface area contributed by atoms with E-state index in [1.807, 2.05) is 38.1 Å². The number of aryl methyl sites for hydroxylation is 2. The van der Waals surface area contributed by atoms with Crippen LogP contribution >= 0.6 is 11.3 Å². The summed E-state index contributed by atoms with van der Waals surface area (Å²) in [6.07, 6.45) is -4.38. The number of amides is 1. The van der Waals surface area contributed by atoms with Gasteiger partial charge in [-0.15, -0.1) is 11.3 Å². The first-order valence-corrected chi connectivity index (χ1v) is 12.4. The van der Waals surface area contributed by atoms with E-state index in [4.69, 9.17) is 14.6 Å². The van der Waals surface area contributed by atoms with E-state index in [1.54, 1.807) is 32.2 Å². The van der Waals surface area contributed by atoms with E-state index in [0.29, 0.717) is 11.4 Å². The van der Waals surface area contributed by atoms with Gasteiger partial charge in [-0.1, -0.05) is 29.8 Å². The monoisotopic (exact) mass is 567 g/mol. The third kappa shape index (κ3) is 10.1. The van der Waals surface area contributed by atoms with Gasteiger partial charge in [0.2, 0.25) is 0 Å². The SMILES string of the molecule is Cc1ccc(-c2nc(C(=O)NCc3cc(CC(OC(C)C)C(=O)O)ccn3)c(C)s2)cc1.O=C(O)C(F)(F)F. The highest BCUT2D eigenvalue weighted by Crippen LogP contribution is 2.28. The van der Waals surface area contributed by atoms with E-state index in [2.05, 4.69) is 15.3 Å². The molecule has 9 nitrogen and oxygen atoms in total. The smallest absolute Gasteiger partial charge is 0.479 e. The number of pyridine rings is 1. The molecule has 0 aliphatic carbocycles. The van der Waals surface area contributed by atoms with Crippen molar-refractivity contribution in [3.63, 3.8) is 0 Å². The molecule has 2 heterocycles. The zero-order chi connectivity index (χ0) is 29.3. The topological polar surface area (TPSA) is 139 Å². The molecule has 0 saturated carbocycles. The first-order valence-electron chi connectivity index (χ1n) is 11.6. The average molecular weight is 568 g/mol. The van der Waals surface area contributed by atoms with Crippen LogP contribution in [0.4, 0.5) is 13.2 Å². The molecule has 0 aliphatic heterocycles. The maximum absolute atomic E-state index is 12.7. The Labute approximate surface area is 226 Å². The van der Waals surface area contributed by atoms with E-state index in [-0.39, 0.29) is 25.0 Å². The molecule has 39 heavy (non-hydrogen) atoms. The Bertz CT molecular complexity index is 1290. The van der Waals surface area contributed by atoms with E-state index < -0.39 is 24.2 Å². The fraction of sp³-hybridized carbons (Fsp3) is 0.346. The minimum atomic E-state index is -5.08. The lowest BCUT2D eigenvalue weighted by molar-refractivity contribution is -0.192. The van der Waals surface area contributed by atoms with Gasteiger partial charge in [0.1, 0.15) is 10.7 Å².